The van der Waals surface area contributed by atoms with Gasteiger partial charge in [0, 0.05) is 60.6 Å². The third kappa shape index (κ3) is 5.27. The summed E-state index contributed by atoms with van der Waals surface area (Å²) in [5.74, 6) is 0.721. The van der Waals surface area contributed by atoms with Crippen molar-refractivity contribution in [2.75, 3.05) is 44.7 Å². The van der Waals surface area contributed by atoms with Crippen LogP contribution in [0.2, 0.25) is 0 Å². The second-order valence-electron chi connectivity index (χ2n) is 9.65. The standard InChI is InChI=1S/C30H30F3N3O2/c1-21-29(26-18-25(38-2)11-12-27(26)36(21)19-22-7-4-3-5-8-22)28(37)20-34-13-15-35(16-14-34)24-10-6-9-23(17-24)30(31,32)33/h3-12,17-18H,13-16,19-20H2,1-2H3. The summed E-state index contributed by atoms with van der Waals surface area (Å²) in [5.41, 5.74) is 3.63. The Bertz CT molecular complexity index is 1440. The minimum Gasteiger partial charge on any atom is -0.497 e. The van der Waals surface area contributed by atoms with E-state index in [4.69, 9.17) is 4.74 Å². The van der Waals surface area contributed by atoms with Crippen molar-refractivity contribution in [3.63, 3.8) is 0 Å². The summed E-state index contributed by atoms with van der Waals surface area (Å²) in [6, 6.07) is 21.4. The molecule has 5 nitrogen and oxygen atoms in total. The van der Waals surface area contributed by atoms with Crippen LogP contribution in [0.4, 0.5) is 18.9 Å². The molecule has 198 valence electrons. The predicted molar refractivity (Wildman–Crippen MR) is 143 cm³/mol. The third-order valence-electron chi connectivity index (χ3n) is 7.27. The average Bonchev–Trinajstić information content (AvgIpc) is 3.19. The van der Waals surface area contributed by atoms with Crippen LogP contribution in [-0.2, 0) is 12.7 Å². The van der Waals surface area contributed by atoms with E-state index in [1.807, 2.05) is 48.2 Å². The number of nitrogens with zero attached hydrogens (tertiary/aromatic N) is 3. The Morgan fingerprint density at radius 3 is 2.34 bits per heavy atom. The van der Waals surface area contributed by atoms with Crippen LogP contribution in [0.25, 0.3) is 10.9 Å². The minimum absolute atomic E-state index is 0.0279. The number of Topliss-reactive ketones (excluding diaryl/α,β-unsaturated/α-hetero) is 1. The lowest BCUT2D eigenvalue weighted by molar-refractivity contribution is -0.137. The number of piperazine rings is 1. The van der Waals surface area contributed by atoms with Crippen LogP contribution >= 0.6 is 0 Å². The molecule has 1 aliphatic heterocycles. The van der Waals surface area contributed by atoms with Gasteiger partial charge in [0.05, 0.1) is 19.2 Å². The molecule has 5 rings (SSSR count). The van der Waals surface area contributed by atoms with Gasteiger partial charge in [-0.15, -0.1) is 0 Å². The van der Waals surface area contributed by atoms with Crippen molar-refractivity contribution >= 4 is 22.4 Å². The number of alkyl halides is 3. The van der Waals surface area contributed by atoms with Crippen molar-refractivity contribution in [2.24, 2.45) is 0 Å². The Hall–Kier alpha value is -3.78. The summed E-state index contributed by atoms with van der Waals surface area (Å²) in [6.07, 6.45) is -4.37. The SMILES string of the molecule is COc1ccc2c(c1)c(C(=O)CN1CCN(c3cccc(C(F)(F)F)c3)CC1)c(C)n2Cc1ccccc1. The fraction of sp³-hybridized carbons (Fsp3) is 0.300. The fourth-order valence-corrected chi connectivity index (χ4v) is 5.24. The van der Waals surface area contributed by atoms with E-state index in [2.05, 4.69) is 21.6 Å². The Balaban J connectivity index is 1.34. The highest BCUT2D eigenvalue weighted by atomic mass is 19.4. The molecule has 2 heterocycles. The molecule has 1 aromatic heterocycles. The molecule has 0 spiro atoms. The minimum atomic E-state index is -4.37. The summed E-state index contributed by atoms with van der Waals surface area (Å²) < 4.78 is 47.0. The van der Waals surface area contributed by atoms with Gasteiger partial charge in [-0.3, -0.25) is 9.69 Å². The highest BCUT2D eigenvalue weighted by Gasteiger charge is 2.31. The fourth-order valence-electron chi connectivity index (χ4n) is 5.24. The largest absolute Gasteiger partial charge is 0.497 e. The molecule has 0 atom stereocenters. The lowest BCUT2D eigenvalue weighted by Crippen LogP contribution is -2.48. The maximum Gasteiger partial charge on any atom is 0.416 e. The van der Waals surface area contributed by atoms with E-state index in [1.165, 1.54) is 12.1 Å². The molecular weight excluding hydrogens is 491 g/mol. The normalized spacial score (nSPS) is 14.7. The number of carbonyl (C=O) groups excluding carboxylic acids is 1. The molecule has 8 heteroatoms. The molecule has 0 aliphatic carbocycles. The number of ketones is 1. The maximum absolute atomic E-state index is 13.7. The van der Waals surface area contributed by atoms with Gasteiger partial charge >= 0.3 is 6.18 Å². The first-order valence-corrected chi connectivity index (χ1v) is 12.6. The second-order valence-corrected chi connectivity index (χ2v) is 9.65. The molecule has 38 heavy (non-hydrogen) atoms. The van der Waals surface area contributed by atoms with E-state index >= 15 is 0 Å². The van der Waals surface area contributed by atoms with Crippen LogP contribution in [0.1, 0.15) is 27.2 Å². The predicted octanol–water partition coefficient (Wildman–Crippen LogP) is 6.03. The first-order chi connectivity index (χ1) is 18.2. The summed E-state index contributed by atoms with van der Waals surface area (Å²) in [5, 5.41) is 0.866. The average molecular weight is 522 g/mol. The number of methoxy groups -OCH3 is 1. The summed E-state index contributed by atoms with van der Waals surface area (Å²) in [4.78, 5) is 17.7. The molecular formula is C30H30F3N3O2. The number of benzene rings is 3. The number of rotatable bonds is 7. The Morgan fingerprint density at radius 1 is 0.921 bits per heavy atom. The Morgan fingerprint density at radius 2 is 1.66 bits per heavy atom. The quantitative estimate of drug-likeness (QED) is 0.279. The number of hydrogen-bond donors (Lipinski definition) is 0. The number of hydrogen-bond acceptors (Lipinski definition) is 4. The highest BCUT2D eigenvalue weighted by Crippen LogP contribution is 2.33. The van der Waals surface area contributed by atoms with Gasteiger partial charge in [-0.25, -0.2) is 0 Å². The Labute approximate surface area is 220 Å². The zero-order chi connectivity index (χ0) is 26.9. The lowest BCUT2D eigenvalue weighted by atomic mass is 10.1. The topological polar surface area (TPSA) is 37.7 Å². The molecule has 0 radical (unpaired) electrons. The molecule has 0 bridgehead atoms. The zero-order valence-electron chi connectivity index (χ0n) is 21.5. The smallest absolute Gasteiger partial charge is 0.416 e. The molecule has 0 unspecified atom stereocenters. The van der Waals surface area contributed by atoms with Gasteiger partial charge < -0.3 is 14.2 Å². The number of ether oxygens (including phenoxy) is 1. The van der Waals surface area contributed by atoms with Crippen molar-refractivity contribution in [3.8, 4) is 5.75 Å². The van der Waals surface area contributed by atoms with Crippen LogP contribution in [0.15, 0.2) is 72.8 Å². The first-order valence-electron chi connectivity index (χ1n) is 12.6. The van der Waals surface area contributed by atoms with Gasteiger partial charge in [0.15, 0.2) is 5.78 Å². The second kappa shape index (κ2) is 10.5. The van der Waals surface area contributed by atoms with Crippen molar-refractivity contribution in [1.82, 2.24) is 9.47 Å². The molecule has 1 fully saturated rings. The van der Waals surface area contributed by atoms with Crippen molar-refractivity contribution < 1.29 is 22.7 Å². The number of carbonyl (C=O) groups is 1. The molecule has 1 saturated heterocycles. The Kier molecular flexibility index (Phi) is 7.17. The molecule has 0 N–H and O–H groups in total. The van der Waals surface area contributed by atoms with E-state index in [0.717, 1.165) is 28.2 Å². The van der Waals surface area contributed by atoms with Crippen LogP contribution in [0.5, 0.6) is 5.75 Å². The first kappa shape index (κ1) is 25.9. The van der Waals surface area contributed by atoms with Gasteiger partial charge in [0.1, 0.15) is 5.75 Å². The van der Waals surface area contributed by atoms with Gasteiger partial charge in [0.25, 0.3) is 0 Å². The van der Waals surface area contributed by atoms with E-state index in [1.54, 1.807) is 13.2 Å². The monoisotopic (exact) mass is 521 g/mol. The molecule has 1 aliphatic rings. The molecule has 3 aromatic carbocycles. The molecule has 0 amide bonds. The van der Waals surface area contributed by atoms with E-state index < -0.39 is 11.7 Å². The van der Waals surface area contributed by atoms with Gasteiger partial charge in [-0.2, -0.15) is 13.2 Å². The maximum atomic E-state index is 13.7. The summed E-state index contributed by atoms with van der Waals surface area (Å²) in [7, 11) is 1.61. The van der Waals surface area contributed by atoms with Gasteiger partial charge in [0.2, 0.25) is 0 Å². The van der Waals surface area contributed by atoms with Crippen LogP contribution in [0.3, 0.4) is 0 Å². The van der Waals surface area contributed by atoms with E-state index in [-0.39, 0.29) is 12.3 Å². The van der Waals surface area contributed by atoms with Crippen molar-refractivity contribution in [2.45, 2.75) is 19.6 Å². The highest BCUT2D eigenvalue weighted by molar-refractivity contribution is 6.10. The van der Waals surface area contributed by atoms with Crippen LogP contribution in [0, 0.1) is 6.92 Å². The van der Waals surface area contributed by atoms with Crippen LogP contribution < -0.4 is 9.64 Å². The zero-order valence-corrected chi connectivity index (χ0v) is 21.5. The van der Waals surface area contributed by atoms with Gasteiger partial charge in [-0.1, -0.05) is 36.4 Å². The third-order valence-corrected chi connectivity index (χ3v) is 7.27. The van der Waals surface area contributed by atoms with E-state index in [0.29, 0.717) is 49.7 Å². The molecule has 4 aromatic rings. The summed E-state index contributed by atoms with van der Waals surface area (Å²) in [6.45, 7) is 5.17. The van der Waals surface area contributed by atoms with Crippen molar-refractivity contribution in [3.05, 3.63) is 95.2 Å². The van der Waals surface area contributed by atoms with Crippen molar-refractivity contribution in [1.29, 1.82) is 0 Å². The molecule has 0 saturated carbocycles. The summed E-state index contributed by atoms with van der Waals surface area (Å²) >= 11 is 0. The number of anilines is 1. The van der Waals surface area contributed by atoms with Crippen LogP contribution in [-0.4, -0.2) is 55.1 Å². The number of aromatic nitrogens is 1. The lowest BCUT2D eigenvalue weighted by Gasteiger charge is -2.36. The van der Waals surface area contributed by atoms with E-state index in [9.17, 15) is 18.0 Å². The number of fused-ring (bicyclic) bond motifs is 1. The number of halogens is 3. The van der Waals surface area contributed by atoms with Gasteiger partial charge in [-0.05, 0) is 48.9 Å².